The standard InChI is InChI=1S/C15H19N3OS/c1-10(2)18-15(16-9-17-18)8-12(19)14-7-11-5-3-4-6-13(11)20-14/h3-6,9-10,12,14,19H,7-8H2,1-2H3. The van der Waals surface area contributed by atoms with E-state index in [-0.39, 0.29) is 11.3 Å². The van der Waals surface area contributed by atoms with Crippen molar-refractivity contribution in [1.82, 2.24) is 14.8 Å². The van der Waals surface area contributed by atoms with E-state index in [4.69, 9.17) is 0 Å². The van der Waals surface area contributed by atoms with Gasteiger partial charge in [0, 0.05) is 22.6 Å². The van der Waals surface area contributed by atoms with Gasteiger partial charge in [0.25, 0.3) is 0 Å². The van der Waals surface area contributed by atoms with Crippen LogP contribution in [0.5, 0.6) is 0 Å². The zero-order chi connectivity index (χ0) is 14.1. The lowest BCUT2D eigenvalue weighted by molar-refractivity contribution is 0.167. The van der Waals surface area contributed by atoms with Crippen LogP contribution in [0.3, 0.4) is 0 Å². The molecule has 0 fully saturated rings. The molecule has 4 nitrogen and oxygen atoms in total. The van der Waals surface area contributed by atoms with E-state index < -0.39 is 6.10 Å². The summed E-state index contributed by atoms with van der Waals surface area (Å²) >= 11 is 1.77. The summed E-state index contributed by atoms with van der Waals surface area (Å²) in [6.45, 7) is 4.15. The van der Waals surface area contributed by atoms with Crippen LogP contribution >= 0.6 is 11.8 Å². The summed E-state index contributed by atoms with van der Waals surface area (Å²) < 4.78 is 1.88. The van der Waals surface area contributed by atoms with E-state index in [0.717, 1.165) is 12.2 Å². The Kier molecular flexibility index (Phi) is 3.81. The quantitative estimate of drug-likeness (QED) is 0.939. The summed E-state index contributed by atoms with van der Waals surface area (Å²) in [7, 11) is 0. The molecule has 1 aromatic heterocycles. The molecule has 20 heavy (non-hydrogen) atoms. The van der Waals surface area contributed by atoms with Gasteiger partial charge in [-0.1, -0.05) is 18.2 Å². The lowest BCUT2D eigenvalue weighted by Crippen LogP contribution is -2.27. The minimum Gasteiger partial charge on any atom is -0.391 e. The van der Waals surface area contributed by atoms with Crippen molar-refractivity contribution in [1.29, 1.82) is 0 Å². The molecule has 0 bridgehead atoms. The van der Waals surface area contributed by atoms with Crippen molar-refractivity contribution < 1.29 is 5.11 Å². The molecular weight excluding hydrogens is 270 g/mol. The van der Waals surface area contributed by atoms with Crippen LogP contribution in [0.4, 0.5) is 0 Å². The van der Waals surface area contributed by atoms with Crippen LogP contribution in [-0.4, -0.2) is 31.2 Å². The van der Waals surface area contributed by atoms with Gasteiger partial charge >= 0.3 is 0 Å². The molecule has 1 N–H and O–H groups in total. The van der Waals surface area contributed by atoms with Crippen molar-refractivity contribution in [3.8, 4) is 0 Å². The van der Waals surface area contributed by atoms with Gasteiger partial charge in [-0.3, -0.25) is 0 Å². The Hall–Kier alpha value is -1.33. The van der Waals surface area contributed by atoms with Crippen LogP contribution in [-0.2, 0) is 12.8 Å². The van der Waals surface area contributed by atoms with E-state index in [2.05, 4.69) is 48.2 Å². The number of thioether (sulfide) groups is 1. The topological polar surface area (TPSA) is 50.9 Å². The van der Waals surface area contributed by atoms with Crippen molar-refractivity contribution >= 4 is 11.8 Å². The van der Waals surface area contributed by atoms with Crippen molar-refractivity contribution in [2.75, 3.05) is 0 Å². The second-order valence-electron chi connectivity index (χ2n) is 5.45. The molecule has 0 radical (unpaired) electrons. The van der Waals surface area contributed by atoms with E-state index in [1.165, 1.54) is 10.5 Å². The number of aliphatic hydroxyl groups excluding tert-OH is 1. The van der Waals surface area contributed by atoms with E-state index in [0.29, 0.717) is 6.42 Å². The van der Waals surface area contributed by atoms with Gasteiger partial charge in [-0.25, -0.2) is 9.67 Å². The number of hydrogen-bond acceptors (Lipinski definition) is 4. The first kappa shape index (κ1) is 13.6. The Morgan fingerprint density at radius 3 is 2.95 bits per heavy atom. The second-order valence-corrected chi connectivity index (χ2v) is 6.74. The van der Waals surface area contributed by atoms with E-state index in [1.54, 1.807) is 18.1 Å². The SMILES string of the molecule is CC(C)n1ncnc1CC(O)C1Cc2ccccc2S1. The lowest BCUT2D eigenvalue weighted by Gasteiger charge is -2.17. The lowest BCUT2D eigenvalue weighted by atomic mass is 10.0. The highest BCUT2D eigenvalue weighted by Gasteiger charge is 2.29. The first-order valence-corrected chi connectivity index (χ1v) is 7.84. The maximum Gasteiger partial charge on any atom is 0.138 e. The van der Waals surface area contributed by atoms with Gasteiger partial charge in [0.05, 0.1) is 6.10 Å². The fraction of sp³-hybridized carbons (Fsp3) is 0.467. The molecule has 0 saturated heterocycles. The minimum absolute atomic E-state index is 0.213. The Bertz CT molecular complexity index is 571. The third-order valence-corrected chi connectivity index (χ3v) is 5.07. The Morgan fingerprint density at radius 1 is 1.40 bits per heavy atom. The van der Waals surface area contributed by atoms with E-state index in [1.807, 2.05) is 4.68 Å². The third kappa shape index (κ3) is 2.60. The second kappa shape index (κ2) is 5.58. The number of fused-ring (bicyclic) bond motifs is 1. The summed E-state index contributed by atoms with van der Waals surface area (Å²) in [4.78, 5) is 5.57. The van der Waals surface area contributed by atoms with Crippen LogP contribution in [0.1, 0.15) is 31.3 Å². The molecule has 2 atom stereocenters. The van der Waals surface area contributed by atoms with Crippen LogP contribution in [0.2, 0.25) is 0 Å². The fourth-order valence-electron chi connectivity index (χ4n) is 2.59. The normalized spacial score (nSPS) is 19.3. The molecular formula is C15H19N3OS. The molecule has 3 rings (SSSR count). The van der Waals surface area contributed by atoms with Crippen molar-refractivity contribution in [2.24, 2.45) is 0 Å². The van der Waals surface area contributed by atoms with E-state index in [9.17, 15) is 5.11 Å². The third-order valence-electron chi connectivity index (χ3n) is 3.63. The van der Waals surface area contributed by atoms with Gasteiger partial charge in [-0.15, -0.1) is 11.8 Å². The van der Waals surface area contributed by atoms with Gasteiger partial charge in [0.1, 0.15) is 12.2 Å². The maximum atomic E-state index is 10.5. The number of hydrogen-bond donors (Lipinski definition) is 1. The summed E-state index contributed by atoms with van der Waals surface area (Å²) in [5, 5.41) is 14.9. The molecule has 0 saturated carbocycles. The molecule has 2 heterocycles. The predicted octanol–water partition coefficient (Wildman–Crippen LogP) is 2.48. The summed E-state index contributed by atoms with van der Waals surface area (Å²) in [5.74, 6) is 0.865. The molecule has 106 valence electrons. The molecule has 2 aromatic rings. The number of aromatic nitrogens is 3. The van der Waals surface area contributed by atoms with Gasteiger partial charge in [-0.05, 0) is 31.9 Å². The highest BCUT2D eigenvalue weighted by Crippen LogP contribution is 2.38. The van der Waals surface area contributed by atoms with Crippen molar-refractivity contribution in [3.05, 3.63) is 42.0 Å². The first-order valence-electron chi connectivity index (χ1n) is 6.96. The molecule has 1 aliphatic heterocycles. The van der Waals surface area contributed by atoms with Crippen LogP contribution < -0.4 is 0 Å². The Balaban J connectivity index is 1.69. The minimum atomic E-state index is -0.394. The number of aliphatic hydroxyl groups is 1. The monoisotopic (exact) mass is 289 g/mol. The Labute approximate surface area is 123 Å². The highest BCUT2D eigenvalue weighted by molar-refractivity contribution is 8.00. The predicted molar refractivity (Wildman–Crippen MR) is 79.9 cm³/mol. The average molecular weight is 289 g/mol. The van der Waals surface area contributed by atoms with Crippen LogP contribution in [0.15, 0.2) is 35.5 Å². The molecule has 2 unspecified atom stereocenters. The van der Waals surface area contributed by atoms with Crippen molar-refractivity contribution in [3.63, 3.8) is 0 Å². The highest BCUT2D eigenvalue weighted by atomic mass is 32.2. The number of benzene rings is 1. The van der Waals surface area contributed by atoms with E-state index >= 15 is 0 Å². The molecule has 0 aliphatic carbocycles. The number of nitrogens with zero attached hydrogens (tertiary/aromatic N) is 3. The summed E-state index contributed by atoms with van der Waals surface area (Å²) in [6, 6.07) is 8.65. The van der Waals surface area contributed by atoms with Crippen LogP contribution in [0.25, 0.3) is 0 Å². The fourth-order valence-corrected chi connectivity index (χ4v) is 3.90. The largest absolute Gasteiger partial charge is 0.391 e. The first-order chi connectivity index (χ1) is 9.65. The van der Waals surface area contributed by atoms with Crippen LogP contribution in [0, 0.1) is 0 Å². The maximum absolute atomic E-state index is 10.5. The zero-order valence-corrected chi connectivity index (χ0v) is 12.5. The van der Waals surface area contributed by atoms with Gasteiger partial charge in [-0.2, -0.15) is 5.10 Å². The van der Waals surface area contributed by atoms with Gasteiger partial charge in [0.2, 0.25) is 0 Å². The number of rotatable bonds is 4. The zero-order valence-electron chi connectivity index (χ0n) is 11.7. The molecule has 0 spiro atoms. The van der Waals surface area contributed by atoms with Gasteiger partial charge in [0.15, 0.2) is 0 Å². The van der Waals surface area contributed by atoms with Gasteiger partial charge < -0.3 is 5.11 Å². The molecule has 5 heteroatoms. The average Bonchev–Trinajstić information content (AvgIpc) is 3.03. The Morgan fingerprint density at radius 2 is 2.20 bits per heavy atom. The van der Waals surface area contributed by atoms with Crippen molar-refractivity contribution in [2.45, 2.75) is 49.0 Å². The summed E-state index contributed by atoms with van der Waals surface area (Å²) in [6.07, 6.45) is 2.66. The molecule has 1 aromatic carbocycles. The molecule has 0 amide bonds. The molecule has 1 aliphatic rings. The summed E-state index contributed by atoms with van der Waals surface area (Å²) in [5.41, 5.74) is 1.34. The smallest absolute Gasteiger partial charge is 0.138 e.